The van der Waals surface area contributed by atoms with Crippen molar-refractivity contribution >= 4 is 5.91 Å². The predicted octanol–water partition coefficient (Wildman–Crippen LogP) is 1.51. The standard InChI is InChI=1S/C13H28N2O2/c1-4-5-6-7-8-15(9-10-16)12(17)11-13(2,3)14/h16H,4-11,14H2,1-3H3. The number of hydrogen-bond acceptors (Lipinski definition) is 3. The van der Waals surface area contributed by atoms with Crippen LogP contribution in [0.5, 0.6) is 0 Å². The molecule has 0 radical (unpaired) electrons. The molecule has 0 aromatic rings. The zero-order chi connectivity index (χ0) is 13.3. The number of nitrogens with two attached hydrogens (primary N) is 1. The van der Waals surface area contributed by atoms with E-state index in [1.807, 2.05) is 13.8 Å². The Bertz CT molecular complexity index is 212. The van der Waals surface area contributed by atoms with Crippen LogP contribution >= 0.6 is 0 Å². The second-order valence-corrected chi connectivity index (χ2v) is 5.33. The molecule has 0 saturated heterocycles. The molecule has 1 amide bonds. The molecular formula is C13H28N2O2. The number of aliphatic hydroxyl groups excluding tert-OH is 1. The summed E-state index contributed by atoms with van der Waals surface area (Å²) < 4.78 is 0. The van der Waals surface area contributed by atoms with Crippen LogP contribution < -0.4 is 5.73 Å². The molecule has 0 aromatic heterocycles. The third kappa shape index (κ3) is 9.12. The number of hydrogen-bond donors (Lipinski definition) is 2. The van der Waals surface area contributed by atoms with Crippen molar-refractivity contribution in [1.82, 2.24) is 4.90 Å². The summed E-state index contributed by atoms with van der Waals surface area (Å²) in [5.74, 6) is 0.0445. The number of aliphatic hydroxyl groups is 1. The van der Waals surface area contributed by atoms with Crippen molar-refractivity contribution < 1.29 is 9.90 Å². The number of amides is 1. The van der Waals surface area contributed by atoms with E-state index in [0.29, 0.717) is 13.0 Å². The van der Waals surface area contributed by atoms with Gasteiger partial charge in [-0.25, -0.2) is 0 Å². The van der Waals surface area contributed by atoms with Gasteiger partial charge in [0.15, 0.2) is 0 Å². The molecule has 0 atom stereocenters. The van der Waals surface area contributed by atoms with Crippen LogP contribution in [0.2, 0.25) is 0 Å². The van der Waals surface area contributed by atoms with Crippen LogP contribution in [0, 0.1) is 0 Å². The second kappa shape index (κ2) is 8.48. The predicted molar refractivity (Wildman–Crippen MR) is 70.7 cm³/mol. The Hall–Kier alpha value is -0.610. The highest BCUT2D eigenvalue weighted by atomic mass is 16.3. The quantitative estimate of drug-likeness (QED) is 0.604. The van der Waals surface area contributed by atoms with E-state index in [1.54, 1.807) is 4.90 Å². The molecule has 0 fully saturated rings. The van der Waals surface area contributed by atoms with Gasteiger partial charge in [0.2, 0.25) is 5.91 Å². The lowest BCUT2D eigenvalue weighted by molar-refractivity contribution is -0.132. The van der Waals surface area contributed by atoms with Gasteiger partial charge in [-0.2, -0.15) is 0 Å². The average Bonchev–Trinajstić information content (AvgIpc) is 2.20. The number of carbonyl (C=O) groups excluding carboxylic acids is 1. The summed E-state index contributed by atoms with van der Waals surface area (Å²) >= 11 is 0. The molecule has 0 aliphatic rings. The summed E-state index contributed by atoms with van der Waals surface area (Å²) in [5, 5.41) is 8.96. The molecule has 0 aromatic carbocycles. The number of carbonyl (C=O) groups is 1. The van der Waals surface area contributed by atoms with E-state index in [1.165, 1.54) is 12.8 Å². The molecule has 0 aliphatic heterocycles. The molecule has 102 valence electrons. The fourth-order valence-corrected chi connectivity index (χ4v) is 1.71. The summed E-state index contributed by atoms with van der Waals surface area (Å²) in [6.07, 6.45) is 4.86. The second-order valence-electron chi connectivity index (χ2n) is 5.33. The number of rotatable bonds is 9. The van der Waals surface area contributed by atoms with E-state index in [2.05, 4.69) is 6.92 Å². The van der Waals surface area contributed by atoms with Gasteiger partial charge in [0.1, 0.15) is 0 Å². The van der Waals surface area contributed by atoms with Gasteiger partial charge in [0, 0.05) is 25.0 Å². The molecule has 4 heteroatoms. The Labute approximate surface area is 105 Å². The van der Waals surface area contributed by atoms with E-state index in [0.717, 1.165) is 19.4 Å². The summed E-state index contributed by atoms with van der Waals surface area (Å²) in [6.45, 7) is 7.02. The smallest absolute Gasteiger partial charge is 0.224 e. The normalized spacial score (nSPS) is 11.6. The van der Waals surface area contributed by atoms with Crippen LogP contribution in [0.25, 0.3) is 0 Å². The first kappa shape index (κ1) is 16.4. The van der Waals surface area contributed by atoms with E-state index in [4.69, 9.17) is 10.8 Å². The van der Waals surface area contributed by atoms with Crippen LogP contribution in [0.4, 0.5) is 0 Å². The summed E-state index contributed by atoms with van der Waals surface area (Å²) in [7, 11) is 0. The van der Waals surface area contributed by atoms with Crippen molar-refractivity contribution in [2.24, 2.45) is 5.73 Å². The first-order chi connectivity index (χ1) is 7.90. The van der Waals surface area contributed by atoms with E-state index in [-0.39, 0.29) is 12.5 Å². The Balaban J connectivity index is 4.07. The molecule has 3 N–H and O–H groups in total. The van der Waals surface area contributed by atoms with Gasteiger partial charge in [-0.1, -0.05) is 26.2 Å². The van der Waals surface area contributed by atoms with E-state index >= 15 is 0 Å². The van der Waals surface area contributed by atoms with E-state index < -0.39 is 5.54 Å². The SMILES string of the molecule is CCCCCCN(CCO)C(=O)CC(C)(C)N. The maximum Gasteiger partial charge on any atom is 0.224 e. The molecule has 0 heterocycles. The molecular weight excluding hydrogens is 216 g/mol. The largest absolute Gasteiger partial charge is 0.395 e. The molecule has 0 bridgehead atoms. The van der Waals surface area contributed by atoms with Crippen molar-refractivity contribution in [1.29, 1.82) is 0 Å². The highest BCUT2D eigenvalue weighted by Gasteiger charge is 2.20. The summed E-state index contributed by atoms with van der Waals surface area (Å²) in [6, 6.07) is 0. The fraction of sp³-hybridized carbons (Fsp3) is 0.923. The Morgan fingerprint density at radius 1 is 1.24 bits per heavy atom. The van der Waals surface area contributed by atoms with Crippen molar-refractivity contribution in [3.8, 4) is 0 Å². The van der Waals surface area contributed by atoms with Crippen LogP contribution in [0.3, 0.4) is 0 Å². The molecule has 0 rings (SSSR count). The maximum atomic E-state index is 11.9. The molecule has 4 nitrogen and oxygen atoms in total. The van der Waals surface area contributed by atoms with E-state index in [9.17, 15) is 4.79 Å². The van der Waals surface area contributed by atoms with Crippen LogP contribution in [0.1, 0.15) is 52.9 Å². The Kier molecular flexibility index (Phi) is 8.17. The maximum absolute atomic E-state index is 11.9. The third-order valence-electron chi connectivity index (χ3n) is 2.61. The van der Waals surface area contributed by atoms with Crippen LogP contribution in [-0.4, -0.2) is 41.1 Å². The van der Waals surface area contributed by atoms with Gasteiger partial charge >= 0.3 is 0 Å². The Morgan fingerprint density at radius 3 is 2.35 bits per heavy atom. The van der Waals surface area contributed by atoms with Gasteiger partial charge in [-0.15, -0.1) is 0 Å². The number of unbranched alkanes of at least 4 members (excludes halogenated alkanes) is 3. The molecule has 17 heavy (non-hydrogen) atoms. The topological polar surface area (TPSA) is 66.6 Å². The third-order valence-corrected chi connectivity index (χ3v) is 2.61. The molecule has 0 aliphatic carbocycles. The first-order valence-electron chi connectivity index (χ1n) is 6.58. The minimum absolute atomic E-state index is 0.0184. The lowest BCUT2D eigenvalue weighted by Crippen LogP contribution is -2.42. The van der Waals surface area contributed by atoms with Crippen molar-refractivity contribution in [2.45, 2.75) is 58.4 Å². The minimum Gasteiger partial charge on any atom is -0.395 e. The van der Waals surface area contributed by atoms with Gasteiger partial charge in [-0.3, -0.25) is 4.79 Å². The van der Waals surface area contributed by atoms with Gasteiger partial charge in [-0.05, 0) is 20.3 Å². The number of nitrogens with zero attached hydrogens (tertiary/aromatic N) is 1. The summed E-state index contributed by atoms with van der Waals surface area (Å²) in [5.41, 5.74) is 5.36. The fourth-order valence-electron chi connectivity index (χ4n) is 1.71. The summed E-state index contributed by atoms with van der Waals surface area (Å²) in [4.78, 5) is 13.7. The lowest BCUT2D eigenvalue weighted by atomic mass is 10.0. The molecule has 0 saturated carbocycles. The minimum atomic E-state index is -0.478. The molecule has 0 unspecified atom stereocenters. The van der Waals surface area contributed by atoms with Gasteiger partial charge in [0.05, 0.1) is 6.61 Å². The van der Waals surface area contributed by atoms with Crippen molar-refractivity contribution in [2.75, 3.05) is 19.7 Å². The zero-order valence-corrected chi connectivity index (χ0v) is 11.5. The van der Waals surface area contributed by atoms with Gasteiger partial charge in [0.25, 0.3) is 0 Å². The van der Waals surface area contributed by atoms with Gasteiger partial charge < -0.3 is 15.7 Å². The lowest BCUT2D eigenvalue weighted by Gasteiger charge is -2.26. The highest BCUT2D eigenvalue weighted by Crippen LogP contribution is 2.09. The average molecular weight is 244 g/mol. The Morgan fingerprint density at radius 2 is 1.88 bits per heavy atom. The highest BCUT2D eigenvalue weighted by molar-refractivity contribution is 5.77. The van der Waals surface area contributed by atoms with Crippen LogP contribution in [0.15, 0.2) is 0 Å². The monoisotopic (exact) mass is 244 g/mol. The first-order valence-corrected chi connectivity index (χ1v) is 6.58. The molecule has 0 spiro atoms. The zero-order valence-electron chi connectivity index (χ0n) is 11.5. The van der Waals surface area contributed by atoms with Crippen molar-refractivity contribution in [3.05, 3.63) is 0 Å². The van der Waals surface area contributed by atoms with Crippen molar-refractivity contribution in [3.63, 3.8) is 0 Å². The van der Waals surface area contributed by atoms with Crippen LogP contribution in [-0.2, 0) is 4.79 Å².